The first-order valence-electron chi connectivity index (χ1n) is 3.59. The fraction of sp³-hybridized carbons (Fsp3) is 0.125. The van der Waals surface area contributed by atoms with Crippen molar-refractivity contribution >= 4 is 38.9 Å². The van der Waals surface area contributed by atoms with Gasteiger partial charge in [-0.3, -0.25) is 4.79 Å². The van der Waals surface area contributed by atoms with E-state index in [-0.39, 0.29) is 5.78 Å². The van der Waals surface area contributed by atoms with Gasteiger partial charge in [0.2, 0.25) is 0 Å². The van der Waals surface area contributed by atoms with Crippen molar-refractivity contribution in [3.8, 4) is 0 Å². The zero-order valence-electron chi connectivity index (χ0n) is 6.74. The van der Waals surface area contributed by atoms with Crippen molar-refractivity contribution in [2.75, 3.05) is 0 Å². The van der Waals surface area contributed by atoms with Crippen LogP contribution in [0, 0.1) is 0 Å². The average Bonchev–Trinajstić information content (AvgIpc) is 2.49. The summed E-state index contributed by atoms with van der Waals surface area (Å²) in [6, 6.07) is 1.73. The van der Waals surface area contributed by atoms with Gasteiger partial charge < -0.3 is 0 Å². The smallest absolute Gasteiger partial charge is 0.169 e. The van der Waals surface area contributed by atoms with E-state index >= 15 is 0 Å². The number of halogens is 1. The van der Waals surface area contributed by atoms with Crippen molar-refractivity contribution in [3.05, 3.63) is 22.4 Å². The Balaban J connectivity index is 2.75. The molecule has 0 saturated carbocycles. The SMILES string of the molecule is CC(=O)c1cc2ncnc(Cl)c2s1. The second-order valence-electron chi connectivity index (χ2n) is 2.55. The standard InChI is InChI=1S/C8H5ClN2OS/c1-4(12)6-2-5-7(13-6)8(9)11-3-10-5/h2-3H,1H3. The second kappa shape index (κ2) is 3.05. The lowest BCUT2D eigenvalue weighted by atomic mass is 10.3. The number of Topliss-reactive ketones (excluding diaryl/α,β-unsaturated/α-hetero) is 1. The highest BCUT2D eigenvalue weighted by molar-refractivity contribution is 7.21. The van der Waals surface area contributed by atoms with Crippen LogP contribution < -0.4 is 0 Å². The summed E-state index contributed by atoms with van der Waals surface area (Å²) < 4.78 is 0.773. The summed E-state index contributed by atoms with van der Waals surface area (Å²) in [6.45, 7) is 1.52. The van der Waals surface area contributed by atoms with Crippen LogP contribution in [0.15, 0.2) is 12.4 Å². The Morgan fingerprint density at radius 3 is 2.92 bits per heavy atom. The summed E-state index contributed by atoms with van der Waals surface area (Å²) in [7, 11) is 0. The Bertz CT molecular complexity index is 480. The van der Waals surface area contributed by atoms with Gasteiger partial charge in [-0.25, -0.2) is 9.97 Å². The van der Waals surface area contributed by atoms with Gasteiger partial charge in [-0.2, -0.15) is 0 Å². The van der Waals surface area contributed by atoms with Gasteiger partial charge in [0, 0.05) is 0 Å². The fourth-order valence-electron chi connectivity index (χ4n) is 0.999. The van der Waals surface area contributed by atoms with E-state index in [0.717, 1.165) is 10.2 Å². The van der Waals surface area contributed by atoms with E-state index in [1.165, 1.54) is 24.6 Å². The van der Waals surface area contributed by atoms with Crippen molar-refractivity contribution in [3.63, 3.8) is 0 Å². The highest BCUT2D eigenvalue weighted by Crippen LogP contribution is 2.28. The molecule has 0 aliphatic rings. The number of thiophene rings is 1. The van der Waals surface area contributed by atoms with E-state index in [0.29, 0.717) is 10.0 Å². The highest BCUT2D eigenvalue weighted by atomic mass is 35.5. The lowest BCUT2D eigenvalue weighted by molar-refractivity contribution is 0.102. The molecule has 0 amide bonds. The minimum atomic E-state index is 0.0269. The summed E-state index contributed by atoms with van der Waals surface area (Å²) in [5.41, 5.74) is 0.732. The van der Waals surface area contributed by atoms with E-state index in [2.05, 4.69) is 9.97 Å². The molecule has 13 heavy (non-hydrogen) atoms. The molecule has 5 heteroatoms. The molecular formula is C8H5ClN2OS. The lowest BCUT2D eigenvalue weighted by Crippen LogP contribution is -1.83. The maximum Gasteiger partial charge on any atom is 0.169 e. The third kappa shape index (κ3) is 1.43. The highest BCUT2D eigenvalue weighted by Gasteiger charge is 2.09. The molecule has 0 unspecified atom stereocenters. The minimum Gasteiger partial charge on any atom is -0.294 e. The summed E-state index contributed by atoms with van der Waals surface area (Å²) in [6.07, 6.45) is 1.39. The molecule has 2 aromatic rings. The van der Waals surface area contributed by atoms with Crippen LogP contribution in [-0.4, -0.2) is 15.8 Å². The van der Waals surface area contributed by atoms with Crippen molar-refractivity contribution in [1.29, 1.82) is 0 Å². The van der Waals surface area contributed by atoms with Crippen molar-refractivity contribution in [2.45, 2.75) is 6.92 Å². The maximum absolute atomic E-state index is 11.0. The first-order valence-corrected chi connectivity index (χ1v) is 4.79. The van der Waals surface area contributed by atoms with Gasteiger partial charge >= 0.3 is 0 Å². The van der Waals surface area contributed by atoms with Crippen molar-refractivity contribution in [2.24, 2.45) is 0 Å². The molecule has 2 rings (SSSR count). The summed E-state index contributed by atoms with van der Waals surface area (Å²) in [5, 5.41) is 0.405. The number of carbonyl (C=O) groups is 1. The van der Waals surface area contributed by atoms with E-state index in [9.17, 15) is 4.79 Å². The molecule has 0 atom stereocenters. The fourth-order valence-corrected chi connectivity index (χ4v) is 2.14. The number of hydrogen-bond donors (Lipinski definition) is 0. The Labute approximate surface area is 83.4 Å². The van der Waals surface area contributed by atoms with Gasteiger partial charge in [-0.15, -0.1) is 11.3 Å². The number of ketones is 1. The van der Waals surface area contributed by atoms with Crippen LogP contribution in [0.1, 0.15) is 16.6 Å². The zero-order valence-corrected chi connectivity index (χ0v) is 8.32. The van der Waals surface area contributed by atoms with Gasteiger partial charge in [-0.05, 0) is 13.0 Å². The average molecular weight is 213 g/mol. The zero-order chi connectivity index (χ0) is 9.42. The number of aromatic nitrogens is 2. The maximum atomic E-state index is 11.0. The predicted octanol–water partition coefficient (Wildman–Crippen LogP) is 2.55. The predicted molar refractivity (Wildman–Crippen MR) is 52.4 cm³/mol. The van der Waals surface area contributed by atoms with Gasteiger partial charge in [0.1, 0.15) is 11.5 Å². The molecule has 0 saturated heterocycles. The molecule has 3 nitrogen and oxygen atoms in total. The number of carbonyl (C=O) groups excluding carboxylic acids is 1. The van der Waals surface area contributed by atoms with E-state index < -0.39 is 0 Å². The Hall–Kier alpha value is -1.00. The van der Waals surface area contributed by atoms with Crippen LogP contribution in [0.3, 0.4) is 0 Å². The largest absolute Gasteiger partial charge is 0.294 e. The Morgan fingerprint density at radius 2 is 2.31 bits per heavy atom. The first-order chi connectivity index (χ1) is 6.18. The van der Waals surface area contributed by atoms with Gasteiger partial charge in [0.05, 0.1) is 15.1 Å². The summed E-state index contributed by atoms with van der Waals surface area (Å²) >= 11 is 7.15. The van der Waals surface area contributed by atoms with Gasteiger partial charge in [0.25, 0.3) is 0 Å². The Morgan fingerprint density at radius 1 is 1.54 bits per heavy atom. The number of hydrogen-bond acceptors (Lipinski definition) is 4. The van der Waals surface area contributed by atoms with Crippen LogP contribution in [0.5, 0.6) is 0 Å². The Kier molecular flexibility index (Phi) is 2.01. The number of nitrogens with zero attached hydrogens (tertiary/aromatic N) is 2. The molecular weight excluding hydrogens is 208 g/mol. The van der Waals surface area contributed by atoms with Crippen LogP contribution in [0.2, 0.25) is 5.15 Å². The molecule has 66 valence electrons. The third-order valence-electron chi connectivity index (χ3n) is 1.61. The van der Waals surface area contributed by atoms with Crippen LogP contribution in [-0.2, 0) is 0 Å². The topological polar surface area (TPSA) is 42.9 Å². The van der Waals surface area contributed by atoms with Crippen molar-refractivity contribution in [1.82, 2.24) is 9.97 Å². The molecule has 2 aromatic heterocycles. The second-order valence-corrected chi connectivity index (χ2v) is 3.96. The van der Waals surface area contributed by atoms with Gasteiger partial charge in [-0.1, -0.05) is 11.6 Å². The minimum absolute atomic E-state index is 0.0269. The number of rotatable bonds is 1. The monoisotopic (exact) mass is 212 g/mol. The molecule has 0 aromatic carbocycles. The molecule has 0 fully saturated rings. The summed E-state index contributed by atoms with van der Waals surface area (Å²) in [5.74, 6) is 0.0269. The van der Waals surface area contributed by atoms with Crippen LogP contribution in [0.4, 0.5) is 0 Å². The normalized spacial score (nSPS) is 10.6. The van der Waals surface area contributed by atoms with E-state index in [4.69, 9.17) is 11.6 Å². The molecule has 0 bridgehead atoms. The molecule has 0 aliphatic carbocycles. The van der Waals surface area contributed by atoms with Crippen LogP contribution >= 0.6 is 22.9 Å². The molecule has 2 heterocycles. The molecule has 0 radical (unpaired) electrons. The van der Waals surface area contributed by atoms with Crippen LogP contribution in [0.25, 0.3) is 10.2 Å². The quantitative estimate of drug-likeness (QED) is 0.539. The van der Waals surface area contributed by atoms with Crippen molar-refractivity contribution < 1.29 is 4.79 Å². The summed E-state index contributed by atoms with van der Waals surface area (Å²) in [4.78, 5) is 19.6. The third-order valence-corrected chi connectivity index (χ3v) is 3.25. The molecule has 0 aliphatic heterocycles. The lowest BCUT2D eigenvalue weighted by Gasteiger charge is -1.87. The molecule has 0 N–H and O–H groups in total. The van der Waals surface area contributed by atoms with Gasteiger partial charge in [0.15, 0.2) is 5.78 Å². The van der Waals surface area contributed by atoms with E-state index in [1.54, 1.807) is 6.07 Å². The first kappa shape index (κ1) is 8.59. The van der Waals surface area contributed by atoms with E-state index in [1.807, 2.05) is 0 Å². The molecule has 0 spiro atoms. The number of fused-ring (bicyclic) bond motifs is 1.